The third-order valence-electron chi connectivity index (χ3n) is 0.0586. The highest BCUT2D eigenvalue weighted by molar-refractivity contribution is 14.2. The van der Waals surface area contributed by atoms with Crippen LogP contribution in [0.3, 0.4) is 0 Å². The van der Waals surface area contributed by atoms with Crippen LogP contribution in [0, 0.1) is 0 Å². The van der Waals surface area contributed by atoms with Gasteiger partial charge in [0.25, 0.3) is 32.3 Å². The van der Waals surface area contributed by atoms with Crippen LogP contribution in [0.1, 0.15) is 0 Å². The van der Waals surface area contributed by atoms with E-state index in [-0.39, 0.29) is 0 Å². The van der Waals surface area contributed by atoms with E-state index in [1.54, 1.807) is 21.2 Å². The number of hydrogen-bond acceptors (Lipinski definition) is 3. The summed E-state index contributed by atoms with van der Waals surface area (Å²) in [5, 5.41) is 0. The molecule has 1 N–H and O–H groups in total. The van der Waals surface area contributed by atoms with Crippen LogP contribution in [0.15, 0.2) is 0 Å². The second kappa shape index (κ2) is 3.54. The van der Waals surface area contributed by atoms with Gasteiger partial charge < -0.3 is 4.55 Å². The van der Waals surface area contributed by atoms with E-state index in [4.69, 9.17) is 4.55 Å². The van der Waals surface area contributed by atoms with Crippen LogP contribution in [0.2, 0.25) is 0 Å². The summed E-state index contributed by atoms with van der Waals surface area (Å²) >= 11 is 1.93. The molecule has 0 aliphatic rings. The quantitative estimate of drug-likeness (QED) is 0.315. The zero-order valence-corrected chi connectivity index (χ0v) is 5.84. The lowest BCUT2D eigenvalue weighted by Gasteiger charge is -1.84. The summed E-state index contributed by atoms with van der Waals surface area (Å²) in [6.45, 7) is 0. The molecule has 0 amide bonds. The Morgan fingerprint density at radius 2 is 2.20 bits per heavy atom. The standard InChI is InChI=1S/HIO2S2/c1-5(3)4-2/h2H. The van der Waals surface area contributed by atoms with Gasteiger partial charge in [-0.15, -0.1) is 0 Å². The molecule has 0 aliphatic carbocycles. The zero-order valence-electron chi connectivity index (χ0n) is 2.05. The Bertz CT molecular complexity index is 21.6. The van der Waals surface area contributed by atoms with Gasteiger partial charge in [-0.05, 0) is 0 Å². The van der Waals surface area contributed by atoms with Gasteiger partial charge in [0, 0.05) is 0 Å². The predicted molar refractivity (Wildman–Crippen MR) is 32.4 cm³/mol. The topological polar surface area (TPSA) is 43.3 Å². The van der Waals surface area contributed by atoms with Gasteiger partial charge in [0.15, 0.2) is 0 Å². The van der Waals surface area contributed by atoms with Crippen molar-refractivity contribution in [2.75, 3.05) is 0 Å². The maximum atomic E-state index is 9.62. The number of halogens is 1. The highest BCUT2D eigenvalue weighted by atomic mass is 127. The first kappa shape index (κ1) is 6.35. The van der Waals surface area contributed by atoms with Crippen molar-refractivity contribution in [2.24, 2.45) is 0 Å². The second-order valence-electron chi connectivity index (χ2n) is 0.269. The van der Waals surface area contributed by atoms with E-state index in [0.29, 0.717) is 11.1 Å². The summed E-state index contributed by atoms with van der Waals surface area (Å²) in [6, 6.07) is 0. The van der Waals surface area contributed by atoms with Crippen molar-refractivity contribution in [1.29, 1.82) is 0 Å². The summed E-state index contributed by atoms with van der Waals surface area (Å²) < 4.78 is 17.4. The average molecular weight is 224 g/mol. The van der Waals surface area contributed by atoms with Gasteiger partial charge >= 0.3 is 0 Å². The Morgan fingerprint density at radius 3 is 2.20 bits per heavy atom. The maximum absolute atomic E-state index is 9.62. The minimum atomic E-state index is -1.13. The molecule has 0 saturated heterocycles. The van der Waals surface area contributed by atoms with E-state index in [0.717, 1.165) is 0 Å². The molecule has 32 valence electrons. The van der Waals surface area contributed by atoms with E-state index in [1.807, 2.05) is 0 Å². The largest absolute Gasteiger partial charge is 0.595 e. The molecule has 0 radical (unpaired) electrons. The van der Waals surface area contributed by atoms with Gasteiger partial charge in [0.1, 0.15) is 7.38 Å². The van der Waals surface area contributed by atoms with Crippen molar-refractivity contribution in [3.8, 4) is 0 Å². The smallest absolute Gasteiger partial charge is 0.266 e. The molecule has 2 nitrogen and oxygen atoms in total. The van der Waals surface area contributed by atoms with Crippen molar-refractivity contribution >= 4 is 39.7 Å². The Morgan fingerprint density at radius 1 is 2.00 bits per heavy atom. The fourth-order valence-corrected chi connectivity index (χ4v) is 0. The van der Waals surface area contributed by atoms with Gasteiger partial charge in [0.2, 0.25) is 0 Å². The van der Waals surface area contributed by atoms with Crippen LogP contribution in [-0.2, 0) is 7.38 Å². The summed E-state index contributed by atoms with van der Waals surface area (Å²) in [6.07, 6.45) is 0. The highest BCUT2D eigenvalue weighted by Gasteiger charge is 1.94. The molecule has 0 fully saturated rings. The minimum absolute atomic E-state index is 0.339. The Labute approximate surface area is 48.7 Å². The lowest BCUT2D eigenvalue weighted by Crippen LogP contribution is -1.71. The first-order chi connectivity index (χ1) is 2.27. The van der Waals surface area contributed by atoms with Crippen molar-refractivity contribution in [3.05, 3.63) is 0 Å². The van der Waals surface area contributed by atoms with Gasteiger partial charge in [-0.25, -0.2) is 0 Å². The minimum Gasteiger partial charge on any atom is -0.595 e. The van der Waals surface area contributed by atoms with Crippen LogP contribution in [-0.4, -0.2) is 9.11 Å². The number of rotatable bonds is 1. The molecule has 0 heterocycles. The van der Waals surface area contributed by atoms with Crippen molar-refractivity contribution in [3.63, 3.8) is 0 Å². The van der Waals surface area contributed by atoms with E-state index < -0.39 is 7.38 Å². The average Bonchev–Trinajstić information content (AvgIpc) is 1.38. The zero-order chi connectivity index (χ0) is 4.28. The van der Waals surface area contributed by atoms with Crippen LogP contribution in [0.4, 0.5) is 0 Å². The van der Waals surface area contributed by atoms with Crippen LogP contribution in [0.25, 0.3) is 0 Å². The maximum Gasteiger partial charge on any atom is 0.266 e. The van der Waals surface area contributed by atoms with Crippen LogP contribution in [0.5, 0.6) is 0 Å². The molecule has 1 unspecified atom stereocenters. The highest BCUT2D eigenvalue weighted by Crippen LogP contribution is 2.14. The van der Waals surface area contributed by atoms with Gasteiger partial charge in [-0.3, -0.25) is 4.55 Å². The van der Waals surface area contributed by atoms with Crippen molar-refractivity contribution < 1.29 is 9.11 Å². The molecule has 5 heavy (non-hydrogen) atoms. The van der Waals surface area contributed by atoms with Crippen molar-refractivity contribution in [2.45, 2.75) is 0 Å². The molecule has 1 atom stereocenters. The molecular formula is HIO2S2. The molecular weight excluding hydrogens is 223 g/mol. The van der Waals surface area contributed by atoms with Gasteiger partial charge in [0.05, 0.1) is 0 Å². The fraction of sp³-hybridized carbons (Fsp3) is 0. The first-order valence-electron chi connectivity index (χ1n) is 0.670. The molecule has 0 saturated carbocycles. The van der Waals surface area contributed by atoms with E-state index in [1.165, 1.54) is 0 Å². The van der Waals surface area contributed by atoms with E-state index >= 15 is 0 Å². The predicted octanol–water partition coefficient (Wildman–Crippen LogP) is 1.21. The normalized spacial score (nSPS) is 15.0. The molecule has 0 rings (SSSR count). The summed E-state index contributed by atoms with van der Waals surface area (Å²) in [4.78, 5) is 0. The lowest BCUT2D eigenvalue weighted by molar-refractivity contribution is 0.616. The SMILES string of the molecule is [O-][S+](I)SO. The van der Waals surface area contributed by atoms with Crippen molar-refractivity contribution in [1.82, 2.24) is 0 Å². The van der Waals surface area contributed by atoms with Gasteiger partial charge in [-0.2, -0.15) is 0 Å². The summed E-state index contributed by atoms with van der Waals surface area (Å²) in [5.74, 6) is 0. The first-order valence-corrected chi connectivity index (χ1v) is 5.65. The Kier molecular flexibility index (Phi) is 4.49. The fourth-order valence-electron chi connectivity index (χ4n) is 0. The molecule has 5 heteroatoms. The van der Waals surface area contributed by atoms with Crippen LogP contribution >= 0.6 is 32.3 Å². The van der Waals surface area contributed by atoms with E-state index in [9.17, 15) is 4.55 Å². The van der Waals surface area contributed by atoms with E-state index in [2.05, 4.69) is 0 Å². The third kappa shape index (κ3) is 5.35. The monoisotopic (exact) mass is 224 g/mol. The van der Waals surface area contributed by atoms with Gasteiger partial charge in [-0.1, -0.05) is 0 Å². The molecule has 0 aromatic rings. The van der Waals surface area contributed by atoms with Crippen LogP contribution < -0.4 is 0 Å². The lowest BCUT2D eigenvalue weighted by atomic mass is 15.9. The molecule has 0 bridgehead atoms. The Hall–Kier alpha value is 1.35. The second-order valence-corrected chi connectivity index (χ2v) is 6.35. The third-order valence-corrected chi connectivity index (χ3v) is 1.97. The molecule has 0 spiro atoms. The summed E-state index contributed by atoms with van der Waals surface area (Å²) in [5.41, 5.74) is 0. The number of hydrogen-bond donors (Lipinski definition) is 1. The summed E-state index contributed by atoms with van der Waals surface area (Å²) in [7, 11) is -1.13. The molecule has 0 aromatic heterocycles. The molecule has 0 aliphatic heterocycles. The Balaban J connectivity index is 2.54. The molecule has 0 aromatic carbocycles.